The minimum atomic E-state index is 1.15. The average Bonchev–Trinajstić information content (AvgIpc) is 2.84. The van der Waals surface area contributed by atoms with Crippen LogP contribution in [0.2, 0.25) is 0 Å². The van der Waals surface area contributed by atoms with Crippen molar-refractivity contribution in [2.24, 2.45) is 0 Å². The van der Waals surface area contributed by atoms with Gasteiger partial charge in [-0.05, 0) is 33.0 Å². The maximum absolute atomic E-state index is 3.57. The highest BCUT2D eigenvalue weighted by molar-refractivity contribution is 4.70. The van der Waals surface area contributed by atoms with Gasteiger partial charge in [0.05, 0.1) is 0 Å². The van der Waals surface area contributed by atoms with Gasteiger partial charge in [0.25, 0.3) is 0 Å². The van der Waals surface area contributed by atoms with Crippen molar-refractivity contribution in [3.63, 3.8) is 0 Å². The zero-order chi connectivity index (χ0) is 11.9. The molecule has 100 valence electrons. The first-order valence-corrected chi connectivity index (χ1v) is 7.18. The highest BCUT2D eigenvalue weighted by Crippen LogP contribution is 2.05. The Morgan fingerprint density at radius 1 is 0.765 bits per heavy atom. The van der Waals surface area contributed by atoms with Crippen molar-refractivity contribution in [1.82, 2.24) is 20.0 Å². The van der Waals surface area contributed by atoms with Crippen LogP contribution in [0.1, 0.15) is 12.8 Å². The molecule has 2 saturated heterocycles. The van der Waals surface area contributed by atoms with Gasteiger partial charge in [0.15, 0.2) is 0 Å². The molecule has 0 aromatic rings. The summed E-state index contributed by atoms with van der Waals surface area (Å²) in [6.07, 6.45) is 2.81. The van der Waals surface area contributed by atoms with Crippen LogP contribution < -0.4 is 5.32 Å². The van der Waals surface area contributed by atoms with Gasteiger partial charge in [0.2, 0.25) is 0 Å². The molecule has 0 saturated carbocycles. The van der Waals surface area contributed by atoms with Gasteiger partial charge in [-0.25, -0.2) is 0 Å². The summed E-state index contributed by atoms with van der Waals surface area (Å²) in [6, 6.07) is 0. The van der Waals surface area contributed by atoms with E-state index < -0.39 is 0 Å². The lowest BCUT2D eigenvalue weighted by atomic mass is 10.3. The molecule has 0 amide bonds. The second kappa shape index (κ2) is 7.31. The molecule has 0 aliphatic carbocycles. The third-order valence-electron chi connectivity index (χ3n) is 4.00. The molecule has 0 aromatic heterocycles. The predicted molar refractivity (Wildman–Crippen MR) is 72.5 cm³/mol. The highest BCUT2D eigenvalue weighted by atomic mass is 15.2. The SMILES string of the molecule is CN1CCN(CCNCCN2CCCC2)CC1. The molecule has 0 bridgehead atoms. The van der Waals surface area contributed by atoms with Crippen LogP contribution in [0.15, 0.2) is 0 Å². The first-order valence-electron chi connectivity index (χ1n) is 7.18. The first-order chi connectivity index (χ1) is 8.34. The third kappa shape index (κ3) is 4.92. The largest absolute Gasteiger partial charge is 0.314 e. The Bertz CT molecular complexity index is 196. The second-order valence-electron chi connectivity index (χ2n) is 5.44. The van der Waals surface area contributed by atoms with Gasteiger partial charge >= 0.3 is 0 Å². The van der Waals surface area contributed by atoms with Crippen molar-refractivity contribution in [1.29, 1.82) is 0 Å². The monoisotopic (exact) mass is 240 g/mol. The normalized spacial score (nSPS) is 24.5. The first kappa shape index (κ1) is 13.3. The number of likely N-dealkylation sites (N-methyl/N-ethyl adjacent to an activating group) is 1. The Morgan fingerprint density at radius 3 is 1.88 bits per heavy atom. The molecule has 1 N–H and O–H groups in total. The van der Waals surface area contributed by atoms with E-state index in [-0.39, 0.29) is 0 Å². The predicted octanol–water partition coefficient (Wildman–Crippen LogP) is -0.0808. The van der Waals surface area contributed by atoms with Gasteiger partial charge in [0, 0.05) is 52.4 Å². The van der Waals surface area contributed by atoms with Crippen LogP contribution in [0.4, 0.5) is 0 Å². The Hall–Kier alpha value is -0.160. The van der Waals surface area contributed by atoms with Crippen LogP contribution >= 0.6 is 0 Å². The molecule has 4 nitrogen and oxygen atoms in total. The summed E-state index contributed by atoms with van der Waals surface area (Å²) in [7, 11) is 2.21. The topological polar surface area (TPSA) is 21.8 Å². The fourth-order valence-electron chi connectivity index (χ4n) is 2.68. The number of likely N-dealkylation sites (tertiary alicyclic amines) is 1. The molecule has 17 heavy (non-hydrogen) atoms. The number of piperazine rings is 1. The van der Waals surface area contributed by atoms with Crippen molar-refractivity contribution >= 4 is 0 Å². The Labute approximate surface area is 106 Å². The van der Waals surface area contributed by atoms with E-state index in [2.05, 4.69) is 27.1 Å². The lowest BCUT2D eigenvalue weighted by Gasteiger charge is -2.32. The average molecular weight is 240 g/mol. The zero-order valence-electron chi connectivity index (χ0n) is 11.3. The van der Waals surface area contributed by atoms with Crippen LogP contribution in [0, 0.1) is 0 Å². The van der Waals surface area contributed by atoms with Crippen LogP contribution in [-0.4, -0.2) is 87.2 Å². The summed E-state index contributed by atoms with van der Waals surface area (Å²) >= 11 is 0. The lowest BCUT2D eigenvalue weighted by Crippen LogP contribution is -2.46. The van der Waals surface area contributed by atoms with Gasteiger partial charge in [-0.3, -0.25) is 4.90 Å². The molecule has 0 radical (unpaired) electrons. The maximum atomic E-state index is 3.57. The molecule has 2 heterocycles. The van der Waals surface area contributed by atoms with E-state index in [0.29, 0.717) is 0 Å². The van der Waals surface area contributed by atoms with Crippen LogP contribution in [0.3, 0.4) is 0 Å². The van der Waals surface area contributed by atoms with Crippen LogP contribution in [0.25, 0.3) is 0 Å². The molecule has 2 fully saturated rings. The van der Waals surface area contributed by atoms with E-state index in [1.54, 1.807) is 0 Å². The highest BCUT2D eigenvalue weighted by Gasteiger charge is 2.13. The van der Waals surface area contributed by atoms with Crippen LogP contribution in [0.5, 0.6) is 0 Å². The summed E-state index contributed by atoms with van der Waals surface area (Å²) in [4.78, 5) is 7.56. The van der Waals surface area contributed by atoms with Gasteiger partial charge in [-0.15, -0.1) is 0 Å². The van der Waals surface area contributed by atoms with Crippen molar-refractivity contribution < 1.29 is 0 Å². The number of nitrogens with zero attached hydrogens (tertiary/aromatic N) is 3. The number of rotatable bonds is 6. The minimum absolute atomic E-state index is 1.15. The zero-order valence-corrected chi connectivity index (χ0v) is 11.3. The number of nitrogens with one attached hydrogen (secondary N) is 1. The fraction of sp³-hybridized carbons (Fsp3) is 1.00. The molecular weight excluding hydrogens is 212 g/mol. The molecule has 0 spiro atoms. The summed E-state index contributed by atoms with van der Waals surface area (Å²) in [5.41, 5.74) is 0. The minimum Gasteiger partial charge on any atom is -0.314 e. The third-order valence-corrected chi connectivity index (χ3v) is 4.00. The van der Waals surface area contributed by atoms with Crippen molar-refractivity contribution in [2.45, 2.75) is 12.8 Å². The Balaban J connectivity index is 1.43. The summed E-state index contributed by atoms with van der Waals surface area (Å²) in [5, 5.41) is 3.57. The van der Waals surface area contributed by atoms with E-state index >= 15 is 0 Å². The smallest absolute Gasteiger partial charge is 0.0110 e. The van der Waals surface area contributed by atoms with E-state index in [1.165, 1.54) is 65.2 Å². The van der Waals surface area contributed by atoms with Gasteiger partial charge < -0.3 is 15.1 Å². The van der Waals surface area contributed by atoms with Crippen molar-refractivity contribution in [2.75, 3.05) is 72.5 Å². The summed E-state index contributed by atoms with van der Waals surface area (Å²) < 4.78 is 0. The number of hydrogen-bond acceptors (Lipinski definition) is 4. The van der Waals surface area contributed by atoms with E-state index in [9.17, 15) is 0 Å². The summed E-state index contributed by atoms with van der Waals surface area (Å²) in [5.74, 6) is 0. The second-order valence-corrected chi connectivity index (χ2v) is 5.44. The summed E-state index contributed by atoms with van der Waals surface area (Å²) in [6.45, 7) is 12.3. The lowest BCUT2D eigenvalue weighted by molar-refractivity contribution is 0.154. The van der Waals surface area contributed by atoms with Crippen molar-refractivity contribution in [3.8, 4) is 0 Å². The molecular formula is C13H28N4. The van der Waals surface area contributed by atoms with Crippen LogP contribution in [-0.2, 0) is 0 Å². The van der Waals surface area contributed by atoms with Gasteiger partial charge in [-0.2, -0.15) is 0 Å². The Kier molecular flexibility index (Phi) is 5.71. The standard InChI is InChI=1S/C13H28N4/c1-15-10-12-17(13-11-15)9-5-14-4-8-16-6-2-3-7-16/h14H,2-13H2,1H3. The fourth-order valence-corrected chi connectivity index (χ4v) is 2.68. The molecule has 0 aromatic carbocycles. The maximum Gasteiger partial charge on any atom is 0.0110 e. The molecule has 4 heteroatoms. The quantitative estimate of drug-likeness (QED) is 0.656. The molecule has 2 aliphatic rings. The van der Waals surface area contributed by atoms with E-state index in [4.69, 9.17) is 0 Å². The molecule has 0 atom stereocenters. The number of hydrogen-bond donors (Lipinski definition) is 1. The van der Waals surface area contributed by atoms with Gasteiger partial charge in [-0.1, -0.05) is 0 Å². The van der Waals surface area contributed by atoms with E-state index in [1.807, 2.05) is 0 Å². The molecule has 2 rings (SSSR count). The molecule has 2 aliphatic heterocycles. The van der Waals surface area contributed by atoms with Gasteiger partial charge in [0.1, 0.15) is 0 Å². The van der Waals surface area contributed by atoms with E-state index in [0.717, 1.165) is 13.1 Å². The Morgan fingerprint density at radius 2 is 1.29 bits per heavy atom. The molecule has 0 unspecified atom stereocenters. The van der Waals surface area contributed by atoms with Crippen molar-refractivity contribution in [3.05, 3.63) is 0 Å².